The normalized spacial score (nSPS) is 35.7. The van der Waals surface area contributed by atoms with E-state index in [9.17, 15) is 4.80 Å². The van der Waals surface area contributed by atoms with E-state index in [2.05, 4.69) is 26.2 Å². The van der Waals surface area contributed by atoms with Gasteiger partial charge < -0.3 is 13.0 Å². The molecule has 1 fully saturated rings. The molecule has 2 unspecified atom stereocenters. The first-order chi connectivity index (χ1) is 8.04. The number of hydrogen-bond acceptors (Lipinski definition) is 3. The summed E-state index contributed by atoms with van der Waals surface area (Å²) < 4.78 is 13.0. The lowest BCUT2D eigenvalue weighted by Gasteiger charge is -2.39. The summed E-state index contributed by atoms with van der Waals surface area (Å²) in [4.78, 5) is 10.7. The summed E-state index contributed by atoms with van der Waals surface area (Å²) in [7, 11) is -8.77. The molecule has 0 bridgehead atoms. The summed E-state index contributed by atoms with van der Waals surface area (Å²) in [6.07, 6.45) is 0.891. The first-order valence-electron chi connectivity index (χ1n) is 6.36. The fourth-order valence-electron chi connectivity index (χ4n) is 2.48. The van der Waals surface area contributed by atoms with Crippen LogP contribution in [0.2, 0.25) is 38.8 Å². The van der Waals surface area contributed by atoms with Gasteiger partial charge in [-0.25, -0.2) is 0 Å². The lowest BCUT2D eigenvalue weighted by molar-refractivity contribution is 0.441. The van der Waals surface area contributed by atoms with Crippen molar-refractivity contribution < 1.29 is 13.0 Å². The van der Waals surface area contributed by atoms with Crippen molar-refractivity contribution in [3.05, 3.63) is 12.3 Å². The molecule has 1 aliphatic rings. The molecule has 1 N–H and O–H groups in total. The molecule has 1 heterocycles. The van der Waals surface area contributed by atoms with Gasteiger partial charge >= 0.3 is 8.56 Å². The predicted molar refractivity (Wildman–Crippen MR) is 87.1 cm³/mol. The molecule has 1 aliphatic heterocycles. The van der Waals surface area contributed by atoms with E-state index in [1.165, 1.54) is 0 Å². The number of halogens is 1. The van der Waals surface area contributed by atoms with E-state index in [0.29, 0.717) is 5.88 Å². The third-order valence-electron chi connectivity index (χ3n) is 4.09. The largest absolute Gasteiger partial charge is 0.433 e. The van der Waals surface area contributed by atoms with Gasteiger partial charge in [0.15, 0.2) is 15.7 Å². The van der Waals surface area contributed by atoms with E-state index in [1.54, 1.807) is 0 Å². The van der Waals surface area contributed by atoms with Crippen LogP contribution in [0.5, 0.6) is 0 Å². The topological polar surface area (TPSA) is 38.7 Å². The number of alkyl halides is 1. The smallest absolute Gasteiger partial charge is 0.343 e. The SMILES string of the molecule is C=C[Si]1(CCCCl)O[Si](C)(C)[Si](C)([Si](C)(C)O)O1. The van der Waals surface area contributed by atoms with Crippen molar-refractivity contribution in [2.75, 3.05) is 5.88 Å². The first-order valence-corrected chi connectivity index (χ1v) is 19.3. The highest BCUT2D eigenvalue weighted by Gasteiger charge is 2.69. The maximum absolute atomic E-state index is 10.7. The quantitative estimate of drug-likeness (QED) is 0.617. The average Bonchev–Trinajstić information content (AvgIpc) is 2.44. The van der Waals surface area contributed by atoms with Crippen LogP contribution in [-0.4, -0.2) is 42.3 Å². The van der Waals surface area contributed by atoms with Crippen molar-refractivity contribution in [1.29, 1.82) is 0 Å². The molecule has 0 spiro atoms. The van der Waals surface area contributed by atoms with Gasteiger partial charge in [0.25, 0.3) is 0 Å². The molecule has 0 aromatic carbocycles. The summed E-state index contributed by atoms with van der Waals surface area (Å²) in [6, 6.07) is 0.865. The van der Waals surface area contributed by atoms with E-state index < -0.39 is 31.6 Å². The van der Waals surface area contributed by atoms with Gasteiger partial charge in [-0.05, 0) is 45.2 Å². The van der Waals surface area contributed by atoms with Crippen LogP contribution in [0, 0.1) is 0 Å². The molecule has 2 atom stereocenters. The Balaban J connectivity index is 3.09. The Labute approximate surface area is 119 Å². The van der Waals surface area contributed by atoms with E-state index in [1.807, 2.05) is 18.8 Å². The Hall–Kier alpha value is 0.778. The first kappa shape index (κ1) is 16.8. The van der Waals surface area contributed by atoms with Crippen LogP contribution in [0.4, 0.5) is 0 Å². The highest BCUT2D eigenvalue weighted by molar-refractivity contribution is 7.66. The van der Waals surface area contributed by atoms with Crippen LogP contribution in [0.25, 0.3) is 0 Å². The Morgan fingerprint density at radius 2 is 1.83 bits per heavy atom. The molecule has 0 aliphatic carbocycles. The molecule has 106 valence electrons. The van der Waals surface area contributed by atoms with Crippen LogP contribution < -0.4 is 0 Å². The lowest BCUT2D eigenvalue weighted by Crippen LogP contribution is -2.71. The Morgan fingerprint density at radius 1 is 1.28 bits per heavy atom. The molecular weight excluding hydrogens is 316 g/mol. The number of rotatable bonds is 5. The molecule has 1 saturated heterocycles. The molecule has 0 aromatic heterocycles. The average molecular weight is 341 g/mol. The van der Waals surface area contributed by atoms with Crippen molar-refractivity contribution in [3.63, 3.8) is 0 Å². The second-order valence-corrected chi connectivity index (χ2v) is 33.4. The van der Waals surface area contributed by atoms with Crippen LogP contribution in [0.15, 0.2) is 12.3 Å². The highest BCUT2D eigenvalue weighted by atomic mass is 35.5. The van der Waals surface area contributed by atoms with Gasteiger partial charge in [0.05, 0.1) is 0 Å². The summed E-state index contributed by atoms with van der Waals surface area (Å²) in [5, 5.41) is 0. The van der Waals surface area contributed by atoms with E-state index in [4.69, 9.17) is 19.8 Å². The molecular formula is C10H25ClO3Si4. The van der Waals surface area contributed by atoms with Gasteiger partial charge in [-0.2, -0.15) is 0 Å². The molecule has 18 heavy (non-hydrogen) atoms. The second kappa shape index (κ2) is 5.28. The molecule has 0 amide bonds. The van der Waals surface area contributed by atoms with Crippen molar-refractivity contribution in [2.24, 2.45) is 0 Å². The zero-order chi connectivity index (χ0) is 14.2. The molecule has 1 rings (SSSR count). The van der Waals surface area contributed by atoms with Gasteiger partial charge in [-0.1, -0.05) is 5.70 Å². The van der Waals surface area contributed by atoms with E-state index >= 15 is 0 Å². The molecule has 0 aromatic rings. The fourth-order valence-corrected chi connectivity index (χ4v) is 46.1. The zero-order valence-corrected chi connectivity index (χ0v) is 16.8. The molecule has 8 heteroatoms. The van der Waals surface area contributed by atoms with Crippen molar-refractivity contribution in [1.82, 2.24) is 0 Å². The summed E-state index contributed by atoms with van der Waals surface area (Å²) in [6.45, 7) is 14.5. The zero-order valence-electron chi connectivity index (χ0n) is 12.0. The Bertz CT molecular complexity index is 334. The van der Waals surface area contributed by atoms with Gasteiger partial charge in [0.1, 0.15) is 0 Å². The number of hydrogen-bond donors (Lipinski definition) is 1. The second-order valence-electron chi connectivity index (χ2n) is 6.12. The Morgan fingerprint density at radius 3 is 2.17 bits per heavy atom. The maximum atomic E-state index is 10.7. The maximum Gasteiger partial charge on any atom is 0.343 e. The monoisotopic (exact) mass is 340 g/mol. The van der Waals surface area contributed by atoms with E-state index in [-0.39, 0.29) is 0 Å². The van der Waals surface area contributed by atoms with Crippen molar-refractivity contribution >= 4 is 43.2 Å². The van der Waals surface area contributed by atoms with Gasteiger partial charge in [-0.3, -0.25) is 0 Å². The minimum Gasteiger partial charge on any atom is -0.433 e. The third kappa shape index (κ3) is 2.78. The fraction of sp³-hybridized carbons (Fsp3) is 0.800. The van der Waals surface area contributed by atoms with Crippen molar-refractivity contribution in [2.45, 2.75) is 45.2 Å². The standard InChI is InChI=1S/C10H25ClO3Si4/c1-7-18(10-8-9-11)13-16(4,5)17(6,14-18)15(2,3)12/h7,12H,1,8-10H2,2-6H3. The van der Waals surface area contributed by atoms with Gasteiger partial charge in [0.2, 0.25) is 7.35 Å². The molecule has 3 nitrogen and oxygen atoms in total. The predicted octanol–water partition coefficient (Wildman–Crippen LogP) is 2.96. The van der Waals surface area contributed by atoms with E-state index in [0.717, 1.165) is 12.5 Å². The van der Waals surface area contributed by atoms with Crippen LogP contribution in [-0.2, 0) is 8.23 Å². The van der Waals surface area contributed by atoms with Crippen LogP contribution in [0.3, 0.4) is 0 Å². The minimum atomic E-state index is -2.33. The molecule has 0 saturated carbocycles. The van der Waals surface area contributed by atoms with Crippen LogP contribution >= 0.6 is 11.6 Å². The summed E-state index contributed by atoms with van der Waals surface area (Å²) in [5.41, 5.74) is 1.90. The van der Waals surface area contributed by atoms with Gasteiger partial charge in [0, 0.05) is 5.88 Å². The minimum absolute atomic E-state index is 0.621. The summed E-state index contributed by atoms with van der Waals surface area (Å²) >= 11 is 5.79. The Kier molecular flexibility index (Phi) is 4.94. The molecule has 0 radical (unpaired) electrons. The van der Waals surface area contributed by atoms with Crippen LogP contribution in [0.1, 0.15) is 6.42 Å². The highest BCUT2D eigenvalue weighted by Crippen LogP contribution is 2.42. The lowest BCUT2D eigenvalue weighted by atomic mass is 10.6. The third-order valence-corrected chi connectivity index (χ3v) is 44.7. The van der Waals surface area contributed by atoms with Gasteiger partial charge in [-0.15, -0.1) is 18.2 Å². The van der Waals surface area contributed by atoms with Crippen molar-refractivity contribution in [3.8, 4) is 0 Å². The summed E-state index contributed by atoms with van der Waals surface area (Å²) in [5.74, 6) is 0.621.